The van der Waals surface area contributed by atoms with Crippen LogP contribution in [0.2, 0.25) is 0 Å². The van der Waals surface area contributed by atoms with Crippen molar-refractivity contribution in [2.24, 2.45) is 5.92 Å². The summed E-state index contributed by atoms with van der Waals surface area (Å²) in [5.74, 6) is 1.62. The maximum atomic E-state index is 12.6. The number of ether oxygens (including phenoxy) is 1. The molecule has 1 heterocycles. The molecule has 0 unspecified atom stereocenters. The van der Waals surface area contributed by atoms with Crippen molar-refractivity contribution in [2.45, 2.75) is 32.6 Å². The molecule has 1 fully saturated rings. The molecular formula is C23H26N2O2. The number of aryl methyl sites for hydroxylation is 1. The van der Waals surface area contributed by atoms with Crippen LogP contribution in [0.25, 0.3) is 0 Å². The summed E-state index contributed by atoms with van der Waals surface area (Å²) >= 11 is 0. The Morgan fingerprint density at radius 2 is 1.93 bits per heavy atom. The largest absolute Gasteiger partial charge is 0.494 e. The zero-order chi connectivity index (χ0) is 19.1. The Balaban J connectivity index is 1.47. The Morgan fingerprint density at radius 3 is 2.59 bits per heavy atom. The second kappa shape index (κ2) is 9.23. The van der Waals surface area contributed by atoms with E-state index < -0.39 is 0 Å². The van der Waals surface area contributed by atoms with Crippen LogP contribution in [0.4, 0.5) is 0 Å². The molecule has 0 aromatic heterocycles. The lowest BCUT2D eigenvalue weighted by Gasteiger charge is -2.32. The summed E-state index contributed by atoms with van der Waals surface area (Å²) in [6, 6.07) is 17.4. The first kappa shape index (κ1) is 19.0. The molecule has 2 aromatic carbocycles. The molecule has 3 rings (SSSR count). The molecule has 2 aromatic rings. The van der Waals surface area contributed by atoms with Crippen LogP contribution >= 0.6 is 0 Å². The minimum absolute atomic E-state index is 0.0389. The van der Waals surface area contributed by atoms with E-state index in [1.165, 1.54) is 5.56 Å². The highest BCUT2D eigenvalue weighted by Gasteiger charge is 2.23. The van der Waals surface area contributed by atoms with Gasteiger partial charge in [-0.05, 0) is 74.4 Å². The van der Waals surface area contributed by atoms with Gasteiger partial charge in [0.25, 0.3) is 5.91 Å². The Kier molecular flexibility index (Phi) is 6.49. The number of amides is 1. The molecule has 140 valence electrons. The van der Waals surface area contributed by atoms with Crippen molar-refractivity contribution in [3.8, 4) is 11.8 Å². The van der Waals surface area contributed by atoms with E-state index in [4.69, 9.17) is 10.00 Å². The van der Waals surface area contributed by atoms with Crippen molar-refractivity contribution in [1.82, 2.24) is 4.90 Å². The maximum Gasteiger partial charge on any atom is 0.253 e. The highest BCUT2D eigenvalue weighted by Crippen LogP contribution is 2.24. The number of carbonyl (C=O) groups excluding carboxylic acids is 1. The van der Waals surface area contributed by atoms with Crippen LogP contribution in [-0.4, -0.2) is 30.5 Å². The van der Waals surface area contributed by atoms with Crippen molar-refractivity contribution in [1.29, 1.82) is 5.26 Å². The lowest BCUT2D eigenvalue weighted by molar-refractivity contribution is 0.0687. The van der Waals surface area contributed by atoms with E-state index in [1.54, 1.807) is 24.3 Å². The molecule has 0 saturated carbocycles. The van der Waals surface area contributed by atoms with Gasteiger partial charge in [-0.3, -0.25) is 4.79 Å². The minimum Gasteiger partial charge on any atom is -0.494 e. The Morgan fingerprint density at radius 1 is 1.19 bits per heavy atom. The highest BCUT2D eigenvalue weighted by molar-refractivity contribution is 5.94. The first-order valence-corrected chi connectivity index (χ1v) is 9.70. The average Bonchev–Trinajstić information content (AvgIpc) is 2.73. The molecule has 4 nitrogen and oxygen atoms in total. The van der Waals surface area contributed by atoms with E-state index in [0.717, 1.165) is 44.5 Å². The molecule has 27 heavy (non-hydrogen) atoms. The van der Waals surface area contributed by atoms with Gasteiger partial charge in [0.15, 0.2) is 0 Å². The molecule has 0 N–H and O–H groups in total. The van der Waals surface area contributed by atoms with Gasteiger partial charge in [-0.25, -0.2) is 0 Å². The third-order valence-corrected chi connectivity index (χ3v) is 5.22. The molecule has 0 spiro atoms. The zero-order valence-corrected chi connectivity index (χ0v) is 15.9. The first-order chi connectivity index (χ1) is 13.2. The van der Waals surface area contributed by atoms with E-state index >= 15 is 0 Å². The molecular weight excluding hydrogens is 336 g/mol. The van der Waals surface area contributed by atoms with Gasteiger partial charge in [-0.1, -0.05) is 18.2 Å². The number of rotatable bonds is 6. The molecule has 1 aliphatic rings. The predicted octanol–water partition coefficient (Wildman–Crippen LogP) is 4.44. The number of piperidine rings is 1. The number of hydrogen-bond acceptors (Lipinski definition) is 3. The Labute approximate surface area is 161 Å². The standard InChI is InChI=1S/C23H26N2O2/c1-2-27-22-10-8-18(9-11-22)6-7-19-12-14-25(15-13-19)23(26)21-5-3-4-20(16-21)17-24/h3-5,8-11,16,19H,2,6-7,12-15H2,1H3. The normalized spacial score (nSPS) is 14.6. The quantitative estimate of drug-likeness (QED) is 0.763. The van der Waals surface area contributed by atoms with Crippen molar-refractivity contribution in [3.63, 3.8) is 0 Å². The summed E-state index contributed by atoms with van der Waals surface area (Å²) in [6.45, 7) is 4.27. The highest BCUT2D eigenvalue weighted by atomic mass is 16.5. The molecule has 0 radical (unpaired) electrons. The maximum absolute atomic E-state index is 12.6. The van der Waals surface area contributed by atoms with Crippen LogP contribution in [0.5, 0.6) is 5.75 Å². The van der Waals surface area contributed by atoms with Crippen LogP contribution in [0, 0.1) is 17.2 Å². The zero-order valence-electron chi connectivity index (χ0n) is 15.9. The smallest absolute Gasteiger partial charge is 0.253 e. The van der Waals surface area contributed by atoms with Crippen LogP contribution in [-0.2, 0) is 6.42 Å². The third kappa shape index (κ3) is 5.10. The van der Waals surface area contributed by atoms with E-state index in [-0.39, 0.29) is 5.91 Å². The summed E-state index contributed by atoms with van der Waals surface area (Å²) < 4.78 is 5.49. The Bertz CT molecular complexity index is 800. The summed E-state index contributed by atoms with van der Waals surface area (Å²) in [7, 11) is 0. The molecule has 4 heteroatoms. The van der Waals surface area contributed by atoms with Gasteiger partial charge >= 0.3 is 0 Å². The van der Waals surface area contributed by atoms with Gasteiger partial charge in [0.1, 0.15) is 5.75 Å². The minimum atomic E-state index is 0.0389. The summed E-state index contributed by atoms with van der Waals surface area (Å²) in [5.41, 5.74) is 2.48. The van der Waals surface area contributed by atoms with Gasteiger partial charge < -0.3 is 9.64 Å². The van der Waals surface area contributed by atoms with Crippen molar-refractivity contribution < 1.29 is 9.53 Å². The number of nitrogens with zero attached hydrogens (tertiary/aromatic N) is 2. The van der Waals surface area contributed by atoms with Gasteiger partial charge in [0.2, 0.25) is 0 Å². The number of hydrogen-bond donors (Lipinski definition) is 0. The first-order valence-electron chi connectivity index (χ1n) is 9.70. The second-order valence-electron chi connectivity index (χ2n) is 7.04. The fourth-order valence-corrected chi connectivity index (χ4v) is 3.62. The van der Waals surface area contributed by atoms with Gasteiger partial charge in [0, 0.05) is 18.7 Å². The Hall–Kier alpha value is -2.80. The summed E-state index contributed by atoms with van der Waals surface area (Å²) in [5, 5.41) is 9.00. The summed E-state index contributed by atoms with van der Waals surface area (Å²) in [4.78, 5) is 14.6. The lowest BCUT2D eigenvalue weighted by Crippen LogP contribution is -2.38. The van der Waals surface area contributed by atoms with E-state index in [1.807, 2.05) is 24.0 Å². The molecule has 1 aliphatic heterocycles. The fraction of sp³-hybridized carbons (Fsp3) is 0.391. The van der Waals surface area contributed by atoms with Crippen LogP contribution in [0.3, 0.4) is 0 Å². The van der Waals surface area contributed by atoms with Crippen molar-refractivity contribution in [2.75, 3.05) is 19.7 Å². The number of carbonyl (C=O) groups is 1. The van der Waals surface area contributed by atoms with E-state index in [0.29, 0.717) is 23.7 Å². The van der Waals surface area contributed by atoms with Crippen molar-refractivity contribution >= 4 is 5.91 Å². The summed E-state index contributed by atoms with van der Waals surface area (Å²) in [6.07, 6.45) is 4.30. The monoisotopic (exact) mass is 362 g/mol. The topological polar surface area (TPSA) is 53.3 Å². The van der Waals surface area contributed by atoms with Gasteiger partial charge in [-0.2, -0.15) is 5.26 Å². The van der Waals surface area contributed by atoms with E-state index in [9.17, 15) is 4.79 Å². The van der Waals surface area contributed by atoms with Gasteiger partial charge in [0.05, 0.1) is 18.2 Å². The molecule has 1 saturated heterocycles. The van der Waals surface area contributed by atoms with E-state index in [2.05, 4.69) is 18.2 Å². The second-order valence-corrected chi connectivity index (χ2v) is 7.04. The van der Waals surface area contributed by atoms with Crippen LogP contribution < -0.4 is 4.74 Å². The van der Waals surface area contributed by atoms with Crippen LogP contribution in [0.15, 0.2) is 48.5 Å². The predicted molar refractivity (Wildman–Crippen MR) is 106 cm³/mol. The molecule has 0 bridgehead atoms. The average molecular weight is 362 g/mol. The number of likely N-dealkylation sites (tertiary alicyclic amines) is 1. The SMILES string of the molecule is CCOc1ccc(CCC2CCN(C(=O)c3cccc(C#N)c3)CC2)cc1. The van der Waals surface area contributed by atoms with Crippen LogP contribution in [0.1, 0.15) is 47.7 Å². The lowest BCUT2D eigenvalue weighted by atomic mass is 9.90. The molecule has 0 atom stereocenters. The number of nitriles is 1. The molecule has 0 aliphatic carbocycles. The van der Waals surface area contributed by atoms with Crippen molar-refractivity contribution in [3.05, 3.63) is 65.2 Å². The fourth-order valence-electron chi connectivity index (χ4n) is 3.62. The third-order valence-electron chi connectivity index (χ3n) is 5.22. The van der Waals surface area contributed by atoms with Gasteiger partial charge in [-0.15, -0.1) is 0 Å². The number of benzene rings is 2. The molecule has 1 amide bonds.